The van der Waals surface area contributed by atoms with Crippen molar-refractivity contribution in [2.24, 2.45) is 0 Å². The molecule has 0 aliphatic rings. The second-order valence-corrected chi connectivity index (χ2v) is 6.01. The van der Waals surface area contributed by atoms with Crippen molar-refractivity contribution in [1.29, 1.82) is 0 Å². The molecule has 0 saturated heterocycles. The summed E-state index contributed by atoms with van der Waals surface area (Å²) in [6.45, 7) is 4.69. The number of urea groups is 1. The van der Waals surface area contributed by atoms with Crippen molar-refractivity contribution in [2.45, 2.75) is 32.7 Å². The van der Waals surface area contributed by atoms with Gasteiger partial charge in [-0.1, -0.05) is 13.0 Å². The summed E-state index contributed by atoms with van der Waals surface area (Å²) in [4.78, 5) is 25.4. The number of likely N-dealkylation sites (N-methyl/N-ethyl adjacent to an activating group) is 1. The first-order valence-electron chi connectivity index (χ1n) is 8.39. The van der Waals surface area contributed by atoms with E-state index in [1.165, 1.54) is 0 Å². The number of amides is 3. The van der Waals surface area contributed by atoms with Gasteiger partial charge in [0.2, 0.25) is 5.91 Å². The molecule has 7 heteroatoms. The fourth-order valence-electron chi connectivity index (χ4n) is 2.21. The SMILES string of the molecule is CC[C@@H](C)NC(=O)NC(=O)CN(C)CCc1ccc(OC)c(OC)c1. The highest BCUT2D eigenvalue weighted by atomic mass is 16.5. The molecular weight excluding hydrogens is 322 g/mol. The molecule has 1 rings (SSSR count). The minimum absolute atomic E-state index is 0.0376. The number of ether oxygens (including phenoxy) is 2. The van der Waals surface area contributed by atoms with Crippen LogP contribution < -0.4 is 20.1 Å². The van der Waals surface area contributed by atoms with Gasteiger partial charge in [-0.25, -0.2) is 4.79 Å². The lowest BCUT2D eigenvalue weighted by Crippen LogP contribution is -2.46. The van der Waals surface area contributed by atoms with E-state index in [0.29, 0.717) is 18.0 Å². The molecule has 0 saturated carbocycles. The van der Waals surface area contributed by atoms with Crippen LogP contribution in [-0.4, -0.2) is 57.2 Å². The molecule has 7 nitrogen and oxygen atoms in total. The zero-order valence-corrected chi connectivity index (χ0v) is 15.7. The summed E-state index contributed by atoms with van der Waals surface area (Å²) in [5, 5.41) is 5.04. The lowest BCUT2D eigenvalue weighted by molar-refractivity contribution is -0.120. The Kier molecular flexibility index (Phi) is 8.77. The van der Waals surface area contributed by atoms with E-state index in [1.54, 1.807) is 14.2 Å². The summed E-state index contributed by atoms with van der Waals surface area (Å²) in [5.74, 6) is 1.05. The lowest BCUT2D eigenvalue weighted by atomic mass is 10.1. The number of carbonyl (C=O) groups is 2. The third-order valence-electron chi connectivity index (χ3n) is 3.89. The number of benzene rings is 1. The Balaban J connectivity index is 2.43. The van der Waals surface area contributed by atoms with Gasteiger partial charge in [0.15, 0.2) is 11.5 Å². The minimum atomic E-state index is -0.451. The first-order chi connectivity index (χ1) is 11.9. The van der Waals surface area contributed by atoms with E-state index in [1.807, 2.05) is 44.0 Å². The molecule has 0 heterocycles. The van der Waals surface area contributed by atoms with Crippen LogP contribution in [0.4, 0.5) is 4.79 Å². The van der Waals surface area contributed by atoms with Gasteiger partial charge in [0.05, 0.1) is 20.8 Å². The van der Waals surface area contributed by atoms with Crippen molar-refractivity contribution in [3.05, 3.63) is 23.8 Å². The largest absolute Gasteiger partial charge is 0.493 e. The van der Waals surface area contributed by atoms with Crippen LogP contribution in [0.1, 0.15) is 25.8 Å². The van der Waals surface area contributed by atoms with Crippen LogP contribution in [-0.2, 0) is 11.2 Å². The number of hydrogen-bond acceptors (Lipinski definition) is 5. The van der Waals surface area contributed by atoms with Crippen LogP contribution in [0.3, 0.4) is 0 Å². The van der Waals surface area contributed by atoms with Gasteiger partial charge in [-0.05, 0) is 44.5 Å². The summed E-state index contributed by atoms with van der Waals surface area (Å²) in [6.07, 6.45) is 1.57. The average molecular weight is 351 g/mol. The molecule has 3 amide bonds. The van der Waals surface area contributed by atoms with Crippen LogP contribution in [0, 0.1) is 0 Å². The van der Waals surface area contributed by atoms with E-state index in [9.17, 15) is 9.59 Å². The van der Waals surface area contributed by atoms with Crippen LogP contribution in [0.25, 0.3) is 0 Å². The van der Waals surface area contributed by atoms with E-state index < -0.39 is 6.03 Å². The fraction of sp³-hybridized carbons (Fsp3) is 0.556. The highest BCUT2D eigenvalue weighted by molar-refractivity contribution is 5.95. The first kappa shape index (κ1) is 20.8. The Morgan fingerprint density at radius 1 is 1.20 bits per heavy atom. The first-order valence-corrected chi connectivity index (χ1v) is 8.39. The molecule has 0 aliphatic heterocycles. The molecular formula is C18H29N3O4. The molecule has 2 N–H and O–H groups in total. The summed E-state index contributed by atoms with van der Waals surface area (Å²) >= 11 is 0. The molecule has 1 aromatic rings. The summed E-state index contributed by atoms with van der Waals surface area (Å²) in [6, 6.07) is 5.34. The Morgan fingerprint density at radius 2 is 1.88 bits per heavy atom. The lowest BCUT2D eigenvalue weighted by Gasteiger charge is -2.17. The van der Waals surface area contributed by atoms with Crippen molar-refractivity contribution in [3.8, 4) is 11.5 Å². The molecule has 25 heavy (non-hydrogen) atoms. The van der Waals surface area contributed by atoms with Crippen LogP contribution in [0.2, 0.25) is 0 Å². The maximum absolute atomic E-state index is 11.9. The molecule has 0 bridgehead atoms. The molecule has 1 atom stereocenters. The molecule has 0 aliphatic carbocycles. The monoisotopic (exact) mass is 351 g/mol. The quantitative estimate of drug-likeness (QED) is 0.709. The maximum atomic E-state index is 11.9. The normalized spacial score (nSPS) is 11.8. The Hall–Kier alpha value is -2.28. The molecule has 0 aromatic heterocycles. The number of nitrogens with zero attached hydrogens (tertiary/aromatic N) is 1. The third-order valence-corrected chi connectivity index (χ3v) is 3.89. The van der Waals surface area contributed by atoms with E-state index in [4.69, 9.17) is 9.47 Å². The molecule has 0 radical (unpaired) electrons. The fourth-order valence-corrected chi connectivity index (χ4v) is 2.21. The van der Waals surface area contributed by atoms with Gasteiger partial charge in [0.1, 0.15) is 0 Å². The van der Waals surface area contributed by atoms with Gasteiger partial charge >= 0.3 is 6.03 Å². The second kappa shape index (κ2) is 10.6. The number of hydrogen-bond donors (Lipinski definition) is 2. The van der Waals surface area contributed by atoms with Crippen LogP contribution in [0.5, 0.6) is 11.5 Å². The standard InChI is InChI=1S/C18H29N3O4/c1-6-13(2)19-18(23)20-17(22)12-21(3)10-9-14-7-8-15(24-4)16(11-14)25-5/h7-8,11,13H,6,9-10,12H2,1-5H3,(H2,19,20,22,23)/t13-/m1/s1. The summed E-state index contributed by atoms with van der Waals surface area (Å²) in [7, 11) is 5.04. The number of nitrogens with one attached hydrogen (secondary N) is 2. The number of imide groups is 1. The Bertz CT molecular complexity index is 577. The van der Waals surface area contributed by atoms with Gasteiger partial charge in [0.25, 0.3) is 0 Å². The highest BCUT2D eigenvalue weighted by Crippen LogP contribution is 2.27. The molecule has 1 aromatic carbocycles. The summed E-state index contributed by atoms with van der Waals surface area (Å²) < 4.78 is 10.5. The zero-order valence-electron chi connectivity index (χ0n) is 15.7. The van der Waals surface area contributed by atoms with E-state index in [0.717, 1.165) is 18.4 Å². The minimum Gasteiger partial charge on any atom is -0.493 e. The maximum Gasteiger partial charge on any atom is 0.321 e. The van der Waals surface area contributed by atoms with Gasteiger partial charge in [-0.15, -0.1) is 0 Å². The Morgan fingerprint density at radius 3 is 2.48 bits per heavy atom. The number of methoxy groups -OCH3 is 2. The van der Waals surface area contributed by atoms with Gasteiger partial charge in [-0.2, -0.15) is 0 Å². The van der Waals surface area contributed by atoms with Crippen molar-refractivity contribution in [1.82, 2.24) is 15.5 Å². The van der Waals surface area contributed by atoms with Gasteiger partial charge in [0, 0.05) is 12.6 Å². The Labute approximate surface area is 149 Å². The highest BCUT2D eigenvalue weighted by Gasteiger charge is 2.12. The molecule has 0 unspecified atom stereocenters. The topological polar surface area (TPSA) is 79.9 Å². The van der Waals surface area contributed by atoms with E-state index >= 15 is 0 Å². The second-order valence-electron chi connectivity index (χ2n) is 6.01. The number of rotatable bonds is 9. The smallest absolute Gasteiger partial charge is 0.321 e. The van der Waals surface area contributed by atoms with Gasteiger partial charge < -0.3 is 14.8 Å². The third kappa shape index (κ3) is 7.43. The van der Waals surface area contributed by atoms with Crippen LogP contribution in [0.15, 0.2) is 18.2 Å². The van der Waals surface area contributed by atoms with Crippen molar-refractivity contribution < 1.29 is 19.1 Å². The summed E-state index contributed by atoms with van der Waals surface area (Å²) in [5.41, 5.74) is 1.08. The van der Waals surface area contributed by atoms with E-state index in [-0.39, 0.29) is 18.5 Å². The molecule has 0 spiro atoms. The van der Waals surface area contributed by atoms with Crippen molar-refractivity contribution in [3.63, 3.8) is 0 Å². The van der Waals surface area contributed by atoms with Crippen molar-refractivity contribution >= 4 is 11.9 Å². The molecule has 0 fully saturated rings. The van der Waals surface area contributed by atoms with Crippen LogP contribution >= 0.6 is 0 Å². The zero-order chi connectivity index (χ0) is 18.8. The average Bonchev–Trinajstić information content (AvgIpc) is 2.58. The van der Waals surface area contributed by atoms with Gasteiger partial charge in [-0.3, -0.25) is 15.0 Å². The van der Waals surface area contributed by atoms with Crippen molar-refractivity contribution in [2.75, 3.05) is 34.4 Å². The van der Waals surface area contributed by atoms with E-state index in [2.05, 4.69) is 10.6 Å². The molecule has 140 valence electrons. The number of carbonyl (C=O) groups excluding carboxylic acids is 2. The predicted molar refractivity (Wildman–Crippen MR) is 97.2 cm³/mol. The predicted octanol–water partition coefficient (Wildman–Crippen LogP) is 1.80.